The van der Waals surface area contributed by atoms with E-state index in [1.807, 2.05) is 0 Å². The number of morpholine rings is 1. The number of alkyl halides is 3. The van der Waals surface area contributed by atoms with Crippen molar-refractivity contribution in [2.24, 2.45) is 0 Å². The molecule has 1 saturated heterocycles. The van der Waals surface area contributed by atoms with E-state index in [1.165, 1.54) is 47.2 Å². The zero-order valence-electron chi connectivity index (χ0n) is 18.0. The van der Waals surface area contributed by atoms with Crippen molar-refractivity contribution in [3.05, 3.63) is 71.0 Å². The van der Waals surface area contributed by atoms with Crippen molar-refractivity contribution in [3.63, 3.8) is 0 Å². The highest BCUT2D eigenvalue weighted by Crippen LogP contribution is 2.29. The minimum Gasteiger partial charge on any atom is -0.383 e. The van der Waals surface area contributed by atoms with Gasteiger partial charge in [-0.3, -0.25) is 9.59 Å². The highest BCUT2D eigenvalue weighted by molar-refractivity contribution is 5.95. The van der Waals surface area contributed by atoms with E-state index in [9.17, 15) is 27.2 Å². The standard InChI is InChI=1S/C23H24F4N2O4/c1-32-10-8-28(21(30)16-4-2-6-18(12-16)23(25,26)27)14-20-15-29(9-11-33-20)22(31)17-5-3-7-19(24)13-17/h2-7,12-13,20H,8-11,14-15H2,1H3/t20-/m0/s1. The molecule has 0 N–H and O–H groups in total. The topological polar surface area (TPSA) is 59.1 Å². The zero-order valence-corrected chi connectivity index (χ0v) is 18.0. The molecule has 0 saturated carbocycles. The van der Waals surface area contributed by atoms with Gasteiger partial charge in [-0.05, 0) is 36.4 Å². The lowest BCUT2D eigenvalue weighted by Crippen LogP contribution is -2.51. The Labute approximate surface area is 188 Å². The fraction of sp³-hybridized carbons (Fsp3) is 0.391. The summed E-state index contributed by atoms with van der Waals surface area (Å²) in [5.74, 6) is -1.49. The Morgan fingerprint density at radius 3 is 2.58 bits per heavy atom. The highest BCUT2D eigenvalue weighted by Gasteiger charge is 2.32. The minimum atomic E-state index is -4.57. The Morgan fingerprint density at radius 1 is 1.15 bits per heavy atom. The van der Waals surface area contributed by atoms with Crippen LogP contribution in [-0.2, 0) is 15.7 Å². The SMILES string of the molecule is COCCN(C[C@H]1CN(C(=O)c2cccc(F)c2)CCO1)C(=O)c1cccc(C(F)(F)F)c1. The number of amides is 2. The van der Waals surface area contributed by atoms with E-state index in [4.69, 9.17) is 9.47 Å². The van der Waals surface area contributed by atoms with Gasteiger partial charge in [0, 0.05) is 44.4 Å². The summed E-state index contributed by atoms with van der Waals surface area (Å²) in [5.41, 5.74) is -0.822. The van der Waals surface area contributed by atoms with E-state index >= 15 is 0 Å². The highest BCUT2D eigenvalue weighted by atomic mass is 19.4. The van der Waals surface area contributed by atoms with Gasteiger partial charge in [0.05, 0.1) is 24.9 Å². The van der Waals surface area contributed by atoms with E-state index in [0.717, 1.165) is 18.2 Å². The molecule has 2 aromatic carbocycles. The smallest absolute Gasteiger partial charge is 0.383 e. The Kier molecular flexibility index (Phi) is 8.04. The summed E-state index contributed by atoms with van der Waals surface area (Å²) in [4.78, 5) is 28.6. The van der Waals surface area contributed by atoms with E-state index < -0.39 is 29.6 Å². The minimum absolute atomic E-state index is 0.0470. The van der Waals surface area contributed by atoms with Crippen LogP contribution in [0.4, 0.5) is 17.6 Å². The fourth-order valence-corrected chi connectivity index (χ4v) is 3.55. The van der Waals surface area contributed by atoms with Crippen molar-refractivity contribution in [1.82, 2.24) is 9.80 Å². The van der Waals surface area contributed by atoms with Gasteiger partial charge in [-0.15, -0.1) is 0 Å². The van der Waals surface area contributed by atoms with Gasteiger partial charge in [-0.25, -0.2) is 4.39 Å². The van der Waals surface area contributed by atoms with E-state index in [1.54, 1.807) is 0 Å². The Hall–Kier alpha value is -2.98. The van der Waals surface area contributed by atoms with Crippen molar-refractivity contribution >= 4 is 11.8 Å². The lowest BCUT2D eigenvalue weighted by molar-refractivity contribution is -0.137. The Balaban J connectivity index is 1.73. The third-order valence-corrected chi connectivity index (χ3v) is 5.21. The van der Waals surface area contributed by atoms with Gasteiger partial charge in [-0.2, -0.15) is 13.2 Å². The van der Waals surface area contributed by atoms with Crippen LogP contribution in [0.15, 0.2) is 48.5 Å². The molecule has 0 aromatic heterocycles. The van der Waals surface area contributed by atoms with Gasteiger partial charge in [0.25, 0.3) is 11.8 Å². The molecule has 33 heavy (non-hydrogen) atoms. The average molecular weight is 468 g/mol. The number of hydrogen-bond donors (Lipinski definition) is 0. The lowest BCUT2D eigenvalue weighted by Gasteiger charge is -2.36. The molecule has 178 valence electrons. The molecule has 1 atom stereocenters. The summed E-state index contributed by atoms with van der Waals surface area (Å²) in [5, 5.41) is 0. The van der Waals surface area contributed by atoms with Crippen molar-refractivity contribution < 1.29 is 36.6 Å². The normalized spacial score (nSPS) is 16.5. The van der Waals surface area contributed by atoms with Crippen molar-refractivity contribution in [1.29, 1.82) is 0 Å². The number of ether oxygens (including phenoxy) is 2. The average Bonchev–Trinajstić information content (AvgIpc) is 2.80. The number of carbonyl (C=O) groups excluding carboxylic acids is 2. The molecule has 1 aliphatic heterocycles. The summed E-state index contributed by atoms with van der Waals surface area (Å²) in [6.07, 6.45) is -5.14. The molecule has 10 heteroatoms. The van der Waals surface area contributed by atoms with Gasteiger partial charge in [-0.1, -0.05) is 12.1 Å². The number of carbonyl (C=O) groups is 2. The number of benzene rings is 2. The summed E-state index contributed by atoms with van der Waals surface area (Å²) in [6.45, 7) is 1.000. The first-order chi connectivity index (χ1) is 15.7. The summed E-state index contributed by atoms with van der Waals surface area (Å²) < 4.78 is 63.4. The largest absolute Gasteiger partial charge is 0.416 e. The quantitative estimate of drug-likeness (QED) is 0.584. The van der Waals surface area contributed by atoms with Crippen LogP contribution in [0.3, 0.4) is 0 Å². The van der Waals surface area contributed by atoms with Crippen LogP contribution in [-0.4, -0.2) is 74.2 Å². The fourth-order valence-electron chi connectivity index (χ4n) is 3.55. The van der Waals surface area contributed by atoms with Crippen LogP contribution in [0.2, 0.25) is 0 Å². The van der Waals surface area contributed by atoms with Crippen molar-refractivity contribution in [2.45, 2.75) is 12.3 Å². The predicted octanol–water partition coefficient (Wildman–Crippen LogP) is 3.47. The summed E-state index contributed by atoms with van der Waals surface area (Å²) in [7, 11) is 1.45. The van der Waals surface area contributed by atoms with E-state index in [-0.39, 0.29) is 49.9 Å². The molecule has 1 fully saturated rings. The molecule has 1 aliphatic rings. The second-order valence-corrected chi connectivity index (χ2v) is 7.58. The Bertz CT molecular complexity index is 983. The van der Waals surface area contributed by atoms with Crippen molar-refractivity contribution in [2.75, 3.05) is 46.5 Å². The number of methoxy groups -OCH3 is 1. The molecule has 0 spiro atoms. The molecule has 6 nitrogen and oxygen atoms in total. The molecule has 0 radical (unpaired) electrons. The van der Waals surface area contributed by atoms with Gasteiger partial charge in [0.2, 0.25) is 0 Å². The third-order valence-electron chi connectivity index (χ3n) is 5.21. The first kappa shape index (κ1) is 24.7. The number of nitrogens with zero attached hydrogens (tertiary/aromatic N) is 2. The second kappa shape index (κ2) is 10.8. The van der Waals surface area contributed by atoms with Gasteiger partial charge in [0.15, 0.2) is 0 Å². The summed E-state index contributed by atoms with van der Waals surface area (Å²) in [6, 6.07) is 9.56. The second-order valence-electron chi connectivity index (χ2n) is 7.58. The molecular formula is C23H24F4N2O4. The molecule has 0 bridgehead atoms. The maximum atomic E-state index is 13.5. The molecule has 2 aromatic rings. The van der Waals surface area contributed by atoms with Crippen LogP contribution in [0.1, 0.15) is 26.3 Å². The number of rotatable bonds is 7. The monoisotopic (exact) mass is 468 g/mol. The van der Waals surface area contributed by atoms with Crippen LogP contribution in [0, 0.1) is 5.82 Å². The van der Waals surface area contributed by atoms with E-state index in [0.29, 0.717) is 6.54 Å². The molecule has 2 amide bonds. The Morgan fingerprint density at radius 2 is 1.88 bits per heavy atom. The maximum absolute atomic E-state index is 13.5. The third kappa shape index (κ3) is 6.52. The zero-order chi connectivity index (χ0) is 24.0. The molecular weight excluding hydrogens is 444 g/mol. The van der Waals surface area contributed by atoms with E-state index in [2.05, 4.69) is 0 Å². The van der Waals surface area contributed by atoms with Gasteiger partial charge >= 0.3 is 6.18 Å². The maximum Gasteiger partial charge on any atom is 0.416 e. The van der Waals surface area contributed by atoms with Crippen molar-refractivity contribution in [3.8, 4) is 0 Å². The van der Waals surface area contributed by atoms with Crippen LogP contribution >= 0.6 is 0 Å². The van der Waals surface area contributed by atoms with Crippen LogP contribution in [0.25, 0.3) is 0 Å². The summed E-state index contributed by atoms with van der Waals surface area (Å²) >= 11 is 0. The lowest BCUT2D eigenvalue weighted by atomic mass is 10.1. The van der Waals surface area contributed by atoms with Gasteiger partial charge in [0.1, 0.15) is 5.82 Å². The molecule has 0 aliphatic carbocycles. The predicted molar refractivity (Wildman–Crippen MR) is 111 cm³/mol. The number of hydrogen-bond acceptors (Lipinski definition) is 4. The van der Waals surface area contributed by atoms with Crippen LogP contribution in [0.5, 0.6) is 0 Å². The number of halogens is 4. The molecule has 1 heterocycles. The first-order valence-corrected chi connectivity index (χ1v) is 10.3. The molecule has 0 unspecified atom stereocenters. The molecule has 3 rings (SSSR count). The van der Waals surface area contributed by atoms with Crippen LogP contribution < -0.4 is 0 Å². The first-order valence-electron chi connectivity index (χ1n) is 10.3. The van der Waals surface area contributed by atoms with Gasteiger partial charge < -0.3 is 19.3 Å².